The Balaban J connectivity index is 2.45. The van der Waals surface area contributed by atoms with Gasteiger partial charge in [0.05, 0.1) is 15.7 Å². The van der Waals surface area contributed by atoms with Gasteiger partial charge in [-0.2, -0.15) is 0 Å². The van der Waals surface area contributed by atoms with Gasteiger partial charge in [-0.15, -0.1) is 11.6 Å². The Hall–Kier alpha value is -0.940. The number of fused-ring (bicyclic) bond motifs is 1. The Labute approximate surface area is 111 Å². The summed E-state index contributed by atoms with van der Waals surface area (Å²) in [6.45, 7) is 0.322. The van der Waals surface area contributed by atoms with Crippen molar-refractivity contribution in [1.82, 2.24) is 0 Å². The number of alkyl halides is 1. The monoisotopic (exact) mass is 319 g/mol. The number of halogens is 3. The lowest BCUT2D eigenvalue weighted by Gasteiger charge is -2.15. The van der Waals surface area contributed by atoms with Gasteiger partial charge in [0, 0.05) is 12.4 Å². The van der Waals surface area contributed by atoms with Crippen molar-refractivity contribution in [3.05, 3.63) is 28.0 Å². The highest BCUT2D eigenvalue weighted by Crippen LogP contribution is 2.33. The molecule has 1 aromatic rings. The van der Waals surface area contributed by atoms with Gasteiger partial charge >= 0.3 is 0 Å². The molecule has 1 amide bonds. The lowest BCUT2D eigenvalue weighted by Crippen LogP contribution is -2.30. The van der Waals surface area contributed by atoms with E-state index in [2.05, 4.69) is 15.9 Å². The molecule has 0 radical (unpaired) electrons. The molecular weight excluding hydrogens is 312 g/mol. The molecule has 90 valence electrons. The maximum atomic E-state index is 13.4. The fraction of sp³-hybridized carbons (Fsp3) is 0.273. The first-order chi connectivity index (χ1) is 8.06. The van der Waals surface area contributed by atoms with Crippen LogP contribution in [0.3, 0.4) is 0 Å². The van der Waals surface area contributed by atoms with Gasteiger partial charge in [0.2, 0.25) is 0 Å². The van der Waals surface area contributed by atoms with Crippen LogP contribution in [0.2, 0.25) is 0 Å². The smallest absolute Gasteiger partial charge is 0.299 e. The molecule has 1 aromatic carbocycles. The number of rotatable bonds is 3. The summed E-state index contributed by atoms with van der Waals surface area (Å²) in [6.07, 6.45) is 0.553. The molecule has 17 heavy (non-hydrogen) atoms. The quantitative estimate of drug-likeness (QED) is 0.634. The van der Waals surface area contributed by atoms with Crippen molar-refractivity contribution in [1.29, 1.82) is 0 Å². The zero-order valence-corrected chi connectivity index (χ0v) is 11.0. The van der Waals surface area contributed by atoms with Crippen LogP contribution in [0, 0.1) is 5.82 Å². The van der Waals surface area contributed by atoms with Gasteiger partial charge in [-0.1, -0.05) is 0 Å². The van der Waals surface area contributed by atoms with Gasteiger partial charge in [-0.25, -0.2) is 4.39 Å². The van der Waals surface area contributed by atoms with Gasteiger partial charge < -0.3 is 4.90 Å². The van der Waals surface area contributed by atoms with E-state index in [0.29, 0.717) is 24.5 Å². The van der Waals surface area contributed by atoms with Crippen molar-refractivity contribution < 1.29 is 14.0 Å². The Morgan fingerprint density at radius 2 is 2.06 bits per heavy atom. The third-order valence-electron chi connectivity index (χ3n) is 2.53. The number of Topliss-reactive ketones (excluding diaryl/α,β-unsaturated/α-hetero) is 1. The molecule has 1 aliphatic heterocycles. The maximum Gasteiger partial charge on any atom is 0.299 e. The molecule has 3 nitrogen and oxygen atoms in total. The van der Waals surface area contributed by atoms with Crippen LogP contribution in [0.25, 0.3) is 0 Å². The Morgan fingerprint density at radius 1 is 1.35 bits per heavy atom. The molecular formula is C11H8BrClFNO2. The first-order valence-corrected chi connectivity index (χ1v) is 6.30. The molecule has 0 spiro atoms. The number of carbonyl (C=O) groups excluding carboxylic acids is 2. The van der Waals surface area contributed by atoms with Crippen molar-refractivity contribution in [3.63, 3.8) is 0 Å². The van der Waals surface area contributed by atoms with Gasteiger partial charge in [-0.3, -0.25) is 9.59 Å². The van der Waals surface area contributed by atoms with Crippen molar-refractivity contribution in [2.75, 3.05) is 17.3 Å². The maximum absolute atomic E-state index is 13.4. The predicted octanol–water partition coefficient (Wildman–Crippen LogP) is 2.75. The molecule has 0 unspecified atom stereocenters. The van der Waals surface area contributed by atoms with E-state index in [1.54, 1.807) is 0 Å². The van der Waals surface area contributed by atoms with Crippen LogP contribution >= 0.6 is 27.5 Å². The molecule has 2 rings (SSSR count). The van der Waals surface area contributed by atoms with Crippen LogP contribution in [-0.2, 0) is 4.79 Å². The van der Waals surface area contributed by atoms with Gasteiger partial charge in [0.15, 0.2) is 0 Å². The predicted molar refractivity (Wildman–Crippen MR) is 66.1 cm³/mol. The summed E-state index contributed by atoms with van der Waals surface area (Å²) < 4.78 is 13.6. The zero-order chi connectivity index (χ0) is 12.6. The Kier molecular flexibility index (Phi) is 3.49. The second-order valence-electron chi connectivity index (χ2n) is 3.61. The number of amides is 1. The van der Waals surface area contributed by atoms with E-state index >= 15 is 0 Å². The minimum absolute atomic E-state index is 0.177. The summed E-state index contributed by atoms with van der Waals surface area (Å²) in [7, 11) is 0. The highest BCUT2D eigenvalue weighted by atomic mass is 79.9. The Morgan fingerprint density at radius 3 is 2.71 bits per heavy atom. The Bertz CT molecular complexity index is 506. The summed E-state index contributed by atoms with van der Waals surface area (Å²) in [6, 6.07) is 2.53. The number of benzene rings is 1. The van der Waals surface area contributed by atoms with E-state index < -0.39 is 17.5 Å². The number of carbonyl (C=O) groups is 2. The highest BCUT2D eigenvalue weighted by molar-refractivity contribution is 9.10. The molecule has 1 aliphatic rings. The summed E-state index contributed by atoms with van der Waals surface area (Å²) in [5, 5.41) is 0. The number of hydrogen-bond donors (Lipinski definition) is 0. The number of hydrogen-bond acceptors (Lipinski definition) is 2. The molecule has 0 atom stereocenters. The second-order valence-corrected chi connectivity index (χ2v) is 4.84. The van der Waals surface area contributed by atoms with E-state index in [9.17, 15) is 14.0 Å². The third kappa shape index (κ3) is 2.09. The minimum atomic E-state index is -0.623. The van der Waals surface area contributed by atoms with E-state index in [1.807, 2.05) is 0 Å². The van der Waals surface area contributed by atoms with E-state index in [-0.39, 0.29) is 10.0 Å². The molecule has 0 aliphatic carbocycles. The lowest BCUT2D eigenvalue weighted by molar-refractivity contribution is -0.114. The van der Waals surface area contributed by atoms with Crippen molar-refractivity contribution in [2.45, 2.75) is 6.42 Å². The zero-order valence-electron chi connectivity index (χ0n) is 8.67. The summed E-state index contributed by atoms with van der Waals surface area (Å²) >= 11 is 8.53. The van der Waals surface area contributed by atoms with Gasteiger partial charge in [0.1, 0.15) is 5.82 Å². The third-order valence-corrected chi connectivity index (χ3v) is 3.40. The summed E-state index contributed by atoms with van der Waals surface area (Å²) in [5.74, 6) is -1.34. The van der Waals surface area contributed by atoms with Crippen LogP contribution in [0.15, 0.2) is 16.6 Å². The van der Waals surface area contributed by atoms with Crippen LogP contribution in [0.5, 0.6) is 0 Å². The fourth-order valence-electron chi connectivity index (χ4n) is 1.73. The number of nitrogens with zero attached hydrogens (tertiary/aromatic N) is 1. The van der Waals surface area contributed by atoms with E-state index in [0.717, 1.165) is 0 Å². The topological polar surface area (TPSA) is 37.4 Å². The molecule has 0 aromatic heterocycles. The molecule has 0 saturated carbocycles. The normalized spacial score (nSPS) is 14.4. The van der Waals surface area contributed by atoms with Crippen molar-refractivity contribution in [3.8, 4) is 0 Å². The van der Waals surface area contributed by atoms with Crippen LogP contribution in [0.1, 0.15) is 16.8 Å². The molecule has 0 bridgehead atoms. The molecule has 0 fully saturated rings. The number of ketones is 1. The standard InChI is InChI=1S/C11H8BrClFNO2/c12-7-4-6-9(5-8(7)14)15(3-1-2-13)11(17)10(6)16/h4-5H,1-3H2. The van der Waals surface area contributed by atoms with Gasteiger partial charge in [0.25, 0.3) is 11.7 Å². The summed E-state index contributed by atoms with van der Waals surface area (Å²) in [4.78, 5) is 24.6. The first-order valence-electron chi connectivity index (χ1n) is 4.97. The summed E-state index contributed by atoms with van der Waals surface area (Å²) in [5.41, 5.74) is 0.559. The highest BCUT2D eigenvalue weighted by Gasteiger charge is 2.36. The minimum Gasteiger partial charge on any atom is -0.305 e. The van der Waals surface area contributed by atoms with Crippen LogP contribution in [0.4, 0.5) is 10.1 Å². The van der Waals surface area contributed by atoms with Crippen LogP contribution in [-0.4, -0.2) is 24.1 Å². The average molecular weight is 321 g/mol. The first kappa shape index (κ1) is 12.5. The average Bonchev–Trinajstić information content (AvgIpc) is 2.52. The molecule has 0 saturated heterocycles. The van der Waals surface area contributed by atoms with Crippen LogP contribution < -0.4 is 4.90 Å². The largest absolute Gasteiger partial charge is 0.305 e. The van der Waals surface area contributed by atoms with E-state index in [4.69, 9.17) is 11.6 Å². The fourth-order valence-corrected chi connectivity index (χ4v) is 2.19. The second kappa shape index (κ2) is 4.74. The SMILES string of the molecule is O=C1C(=O)N(CCCCl)c2cc(F)c(Br)cc21. The molecule has 0 N–H and O–H groups in total. The number of anilines is 1. The van der Waals surface area contributed by atoms with Gasteiger partial charge in [-0.05, 0) is 34.5 Å². The van der Waals surface area contributed by atoms with Crippen molar-refractivity contribution >= 4 is 44.9 Å². The molecule has 6 heteroatoms. The lowest BCUT2D eigenvalue weighted by atomic mass is 10.1. The molecule has 1 heterocycles. The van der Waals surface area contributed by atoms with E-state index in [1.165, 1.54) is 17.0 Å². The van der Waals surface area contributed by atoms with Crippen molar-refractivity contribution in [2.24, 2.45) is 0 Å².